The number of halogens is 2. The Kier molecular flexibility index (Phi) is 10.8. The zero-order valence-electron chi connectivity index (χ0n) is 37.7. The first-order valence-electron chi connectivity index (χ1n) is 24.2. The average Bonchev–Trinajstić information content (AvgIpc) is 4.20. The summed E-state index contributed by atoms with van der Waals surface area (Å²) in [5.74, 6) is -0.302. The van der Waals surface area contributed by atoms with E-state index in [1.165, 1.54) is 22.5 Å². The second-order valence-electron chi connectivity index (χ2n) is 20.0. The number of hydrogen-bond donors (Lipinski definition) is 2. The van der Waals surface area contributed by atoms with Crippen LogP contribution in [0.2, 0.25) is 0 Å². The van der Waals surface area contributed by atoms with Gasteiger partial charge in [-0.2, -0.15) is 10.2 Å². The number of anilines is 2. The zero-order valence-corrected chi connectivity index (χ0v) is 37.7. The van der Waals surface area contributed by atoms with Crippen LogP contribution < -0.4 is 15.5 Å². The van der Waals surface area contributed by atoms with E-state index in [2.05, 4.69) is 53.8 Å². The number of imide groups is 1. The predicted molar refractivity (Wildman–Crippen MR) is 246 cm³/mol. The maximum absolute atomic E-state index is 14.4. The van der Waals surface area contributed by atoms with Crippen LogP contribution in [0.5, 0.6) is 0 Å². The monoisotopic (exact) mass is 928 g/mol. The number of carbonyl (C=O) groups excluding carboxylic acids is 4. The van der Waals surface area contributed by atoms with Gasteiger partial charge in [-0.15, -0.1) is 0 Å². The van der Waals surface area contributed by atoms with E-state index in [1.807, 2.05) is 27.7 Å². The lowest BCUT2D eigenvalue weighted by molar-refractivity contribution is -0.142. The Balaban J connectivity index is 0.612. The molecule has 1 spiro atoms. The molecule has 1 unspecified atom stereocenters. The van der Waals surface area contributed by atoms with Crippen molar-refractivity contribution in [3.05, 3.63) is 78.0 Å². The molecular weight excluding hydrogens is 875 g/mol. The number of aryl methyl sites for hydroxylation is 1. The summed E-state index contributed by atoms with van der Waals surface area (Å²) >= 11 is 0. The fourth-order valence-electron chi connectivity index (χ4n) is 12.2. The maximum Gasteiger partial charge on any atom is 0.284 e. The predicted octanol–water partition coefficient (Wildman–Crippen LogP) is 5.86. The number of rotatable bonds is 11. The van der Waals surface area contributed by atoms with Crippen molar-refractivity contribution in [2.24, 2.45) is 11.3 Å². The Hall–Kier alpha value is -6.34. The largest absolute Gasteiger partial charge is 0.374 e. The van der Waals surface area contributed by atoms with Crippen LogP contribution in [0.1, 0.15) is 104 Å². The first-order chi connectivity index (χ1) is 33.1. The first-order valence-corrected chi connectivity index (χ1v) is 24.2. The molecule has 10 heterocycles. The molecule has 5 aromatic heterocycles. The van der Waals surface area contributed by atoms with E-state index in [0.717, 1.165) is 99.1 Å². The lowest BCUT2D eigenvalue weighted by Crippen LogP contribution is -2.61. The number of nitrogens with zero attached hydrogens (tertiary/aromatic N) is 10. The second kappa shape index (κ2) is 17.0. The molecule has 0 radical (unpaired) electrons. The first kappa shape index (κ1) is 43.0. The Morgan fingerprint density at radius 3 is 2.59 bits per heavy atom. The molecule has 6 aliphatic rings. The molecule has 5 aliphatic heterocycles. The Morgan fingerprint density at radius 1 is 0.985 bits per heavy atom. The van der Waals surface area contributed by atoms with Gasteiger partial charge in [-0.3, -0.25) is 29.2 Å². The lowest BCUT2D eigenvalue weighted by atomic mass is 9.71. The van der Waals surface area contributed by atoms with Crippen molar-refractivity contribution < 1.29 is 32.7 Å². The molecule has 6 aromatic rings. The van der Waals surface area contributed by atoms with E-state index >= 15 is 0 Å². The third-order valence-electron chi connectivity index (χ3n) is 15.8. The summed E-state index contributed by atoms with van der Waals surface area (Å²) in [4.78, 5) is 68.3. The highest BCUT2D eigenvalue weighted by Gasteiger charge is 2.46. The highest BCUT2D eigenvalue weighted by Crippen LogP contribution is 2.43. The van der Waals surface area contributed by atoms with E-state index in [-0.39, 0.29) is 58.5 Å². The summed E-state index contributed by atoms with van der Waals surface area (Å²) in [5, 5.41) is 15.8. The molecule has 12 rings (SSSR count). The van der Waals surface area contributed by atoms with Crippen LogP contribution in [-0.4, -0.2) is 125 Å². The van der Waals surface area contributed by atoms with Crippen LogP contribution in [0.3, 0.4) is 0 Å². The summed E-state index contributed by atoms with van der Waals surface area (Å²) in [6, 6.07) is 11.9. The third kappa shape index (κ3) is 7.66. The minimum atomic E-state index is -2.90. The molecule has 6 fully saturated rings. The number of alkyl halides is 2. The Labute approximate surface area is 390 Å². The van der Waals surface area contributed by atoms with Crippen molar-refractivity contribution >= 4 is 62.7 Å². The number of carbonyl (C=O) groups is 4. The van der Waals surface area contributed by atoms with Crippen molar-refractivity contribution in [1.29, 1.82) is 0 Å². The van der Waals surface area contributed by atoms with Gasteiger partial charge in [0.25, 0.3) is 12.3 Å². The van der Waals surface area contributed by atoms with Gasteiger partial charge in [-0.05, 0) is 112 Å². The standard InChI is InChI=1S/C49H54F2N12O5/c50-43(51)42-37(54-46(65)36-23-53-61-18-13-40(55-45(36)61)60-24-33-22-32(60)26-68-33)25-62(57-42)31-8-6-30(7-9-31)48(67)59-19-14-49(15-20-59)27-58(28-49)17-2-3-29-5-10-38-35(21-29)34-4-1-16-52-44(34)63(38)39-11-12-41(64)56-47(39)66/h1,4-5,10,13,16,18,21,23,25,30-33,39,43H,2-3,6-9,11-12,14-15,17,19-20,22,24,26-28H2,(H,54,65)(H,56,64,66)/t30?,31?,32-,33-,39?/m1/s1. The molecule has 1 saturated carbocycles. The van der Waals surface area contributed by atoms with Crippen molar-refractivity contribution in [2.75, 3.05) is 56.1 Å². The van der Waals surface area contributed by atoms with Crippen molar-refractivity contribution in [3.63, 3.8) is 0 Å². The normalized spacial score (nSPS) is 25.0. The number of aromatic nitrogens is 7. The van der Waals surface area contributed by atoms with E-state index in [9.17, 15) is 28.0 Å². The highest BCUT2D eigenvalue weighted by molar-refractivity contribution is 6.09. The fourth-order valence-corrected chi connectivity index (χ4v) is 12.2. The molecule has 2 bridgehead atoms. The summed E-state index contributed by atoms with van der Waals surface area (Å²) in [7, 11) is 0. The molecule has 354 valence electrons. The SMILES string of the molecule is O=C1CCC(n2c3ccc(CCCN4CC5(CCN(C(=O)C6CCC(n7cc(NC(=O)c8cnn9ccc(N%10C[C@H]%11C[C@@H]%10CO%11)nc89)c(C(F)F)n7)CC6)CC5)C4)cc3c3cccnc32)C(=O)N1. The molecule has 3 atom stereocenters. The minimum Gasteiger partial charge on any atom is -0.374 e. The second-order valence-corrected chi connectivity index (χ2v) is 20.0. The number of piperidine rings is 2. The molecule has 1 aliphatic carbocycles. The van der Waals surface area contributed by atoms with Crippen LogP contribution in [0.25, 0.3) is 27.6 Å². The Bertz CT molecular complexity index is 2960. The van der Waals surface area contributed by atoms with Gasteiger partial charge < -0.3 is 29.3 Å². The number of ether oxygens (including phenoxy) is 1. The van der Waals surface area contributed by atoms with Crippen LogP contribution in [0.4, 0.5) is 20.3 Å². The van der Waals surface area contributed by atoms with Crippen LogP contribution in [0, 0.1) is 11.3 Å². The highest BCUT2D eigenvalue weighted by atomic mass is 19.3. The molecule has 19 heteroatoms. The number of benzene rings is 1. The minimum absolute atomic E-state index is 0.0466. The van der Waals surface area contributed by atoms with Gasteiger partial charge in [0.05, 0.1) is 42.2 Å². The van der Waals surface area contributed by atoms with Gasteiger partial charge in [0, 0.05) is 74.4 Å². The number of pyridine rings is 1. The average molecular weight is 929 g/mol. The topological polar surface area (TPSA) is 177 Å². The van der Waals surface area contributed by atoms with E-state index in [1.54, 1.807) is 17.1 Å². The fraction of sp³-hybridized carbons (Fsp3) is 0.510. The van der Waals surface area contributed by atoms with Crippen LogP contribution >= 0.6 is 0 Å². The van der Waals surface area contributed by atoms with Gasteiger partial charge >= 0.3 is 0 Å². The van der Waals surface area contributed by atoms with Crippen LogP contribution in [-0.2, 0) is 25.5 Å². The maximum atomic E-state index is 14.4. The summed E-state index contributed by atoms with van der Waals surface area (Å²) in [6.07, 6.45) is 11.8. The molecule has 68 heavy (non-hydrogen) atoms. The van der Waals surface area contributed by atoms with Crippen molar-refractivity contribution in [3.8, 4) is 0 Å². The lowest BCUT2D eigenvalue weighted by Gasteiger charge is -2.54. The van der Waals surface area contributed by atoms with E-state index in [0.29, 0.717) is 50.8 Å². The molecular formula is C49H54F2N12O5. The zero-order chi connectivity index (χ0) is 46.3. The summed E-state index contributed by atoms with van der Waals surface area (Å²) < 4.78 is 39.5. The van der Waals surface area contributed by atoms with E-state index in [4.69, 9.17) is 9.72 Å². The van der Waals surface area contributed by atoms with Crippen LogP contribution in [0.15, 0.2) is 61.2 Å². The Morgan fingerprint density at radius 2 is 1.82 bits per heavy atom. The van der Waals surface area contributed by atoms with Gasteiger partial charge in [0.2, 0.25) is 17.7 Å². The van der Waals surface area contributed by atoms with E-state index < -0.39 is 24.1 Å². The number of amides is 4. The van der Waals surface area contributed by atoms with Crippen molar-refractivity contribution in [2.45, 2.75) is 101 Å². The molecule has 2 N–H and O–H groups in total. The number of hydrogen-bond acceptors (Lipinski definition) is 11. The van der Waals surface area contributed by atoms with Gasteiger partial charge in [0.15, 0.2) is 11.3 Å². The number of fused-ring (bicyclic) bond motifs is 6. The molecule has 4 amide bonds. The molecule has 5 saturated heterocycles. The van der Waals surface area contributed by atoms with Gasteiger partial charge in [-0.25, -0.2) is 23.3 Å². The molecule has 1 aromatic carbocycles. The van der Waals surface area contributed by atoms with Gasteiger partial charge in [0.1, 0.15) is 23.1 Å². The summed E-state index contributed by atoms with van der Waals surface area (Å²) in [5.41, 5.74) is 3.17. The quantitative estimate of drug-likeness (QED) is 0.149. The third-order valence-corrected chi connectivity index (χ3v) is 15.8. The summed E-state index contributed by atoms with van der Waals surface area (Å²) in [6.45, 7) is 5.97. The number of likely N-dealkylation sites (tertiary alicyclic amines) is 2. The number of morpholine rings is 1. The van der Waals surface area contributed by atoms with Crippen molar-refractivity contribution in [1.82, 2.24) is 49.0 Å². The smallest absolute Gasteiger partial charge is 0.284 e. The molecule has 17 nitrogen and oxygen atoms in total. The van der Waals surface area contributed by atoms with Gasteiger partial charge in [-0.1, -0.05) is 6.07 Å². The number of nitrogens with one attached hydrogen (secondary N) is 2.